The molecule has 0 N–H and O–H groups in total. The molecule has 2 heteroatoms. The molecule has 16 heavy (non-hydrogen) atoms. The number of nitrogens with zero attached hydrogens (tertiary/aromatic N) is 1. The van der Waals surface area contributed by atoms with Gasteiger partial charge < -0.3 is 4.90 Å². The van der Waals surface area contributed by atoms with E-state index in [4.69, 9.17) is 0 Å². The largest absolute Gasteiger partial charge is 0.454 e. The normalized spacial score (nSPS) is 34.2. The number of hydrogen-bond acceptors (Lipinski definition) is 1. The molecule has 0 saturated carbocycles. The highest BCUT2D eigenvalue weighted by Gasteiger charge is 2.35. The van der Waals surface area contributed by atoms with Crippen LogP contribution in [0.5, 0.6) is 0 Å². The lowest BCUT2D eigenvalue weighted by atomic mass is 9.85. The van der Waals surface area contributed by atoms with Gasteiger partial charge in [-0.1, -0.05) is 12.1 Å². The van der Waals surface area contributed by atoms with Gasteiger partial charge in [0.05, 0.1) is 0 Å². The van der Waals surface area contributed by atoms with Gasteiger partial charge in [-0.15, -0.1) is 0 Å². The van der Waals surface area contributed by atoms with E-state index in [0.717, 1.165) is 0 Å². The van der Waals surface area contributed by atoms with E-state index in [9.17, 15) is 4.39 Å². The molecule has 3 rings (SSSR count). The Morgan fingerprint density at radius 1 is 1.06 bits per heavy atom. The first-order valence-corrected chi connectivity index (χ1v) is 6.08. The third-order valence-corrected chi connectivity index (χ3v) is 4.23. The second-order valence-corrected chi connectivity index (χ2v) is 5.12. The first kappa shape index (κ1) is 10.3. The van der Waals surface area contributed by atoms with Crippen molar-refractivity contribution in [3.8, 4) is 0 Å². The van der Waals surface area contributed by atoms with E-state index in [-0.39, 0.29) is 5.82 Å². The summed E-state index contributed by atoms with van der Waals surface area (Å²) in [5.41, 5.74) is 1.30. The Morgan fingerprint density at radius 3 is 2.19 bits per heavy atom. The van der Waals surface area contributed by atoms with Crippen molar-refractivity contribution in [3.05, 3.63) is 42.7 Å². The Kier molecular flexibility index (Phi) is 2.47. The molecule has 3 atom stereocenters. The summed E-state index contributed by atoms with van der Waals surface area (Å²) in [5.74, 6) is 0.470. The molecule has 0 aliphatic carbocycles. The van der Waals surface area contributed by atoms with Crippen LogP contribution in [0.15, 0.2) is 24.3 Å². The van der Waals surface area contributed by atoms with E-state index in [2.05, 4.69) is 11.9 Å². The Labute approximate surface area is 96.3 Å². The van der Waals surface area contributed by atoms with Gasteiger partial charge in [0.15, 0.2) is 0 Å². The number of hydrogen-bond donors (Lipinski definition) is 0. The average Bonchev–Trinajstić information content (AvgIpc) is 2.54. The number of rotatable bonds is 1. The molecule has 0 aromatic heterocycles. The molecule has 86 valence electrons. The van der Waals surface area contributed by atoms with Crippen molar-refractivity contribution in [2.75, 3.05) is 0 Å². The minimum absolute atomic E-state index is 0.138. The van der Waals surface area contributed by atoms with Crippen LogP contribution < -0.4 is 0 Å². The second kappa shape index (κ2) is 3.85. The van der Waals surface area contributed by atoms with Gasteiger partial charge in [0.2, 0.25) is 0 Å². The molecule has 2 bridgehead atoms. The molecule has 2 aliphatic rings. The van der Waals surface area contributed by atoms with Crippen LogP contribution in [0.2, 0.25) is 0 Å². The van der Waals surface area contributed by atoms with Gasteiger partial charge in [-0.25, -0.2) is 4.39 Å². The van der Waals surface area contributed by atoms with Crippen LogP contribution in [0.1, 0.15) is 37.2 Å². The van der Waals surface area contributed by atoms with Crippen molar-refractivity contribution in [2.45, 2.75) is 43.7 Å². The predicted molar refractivity (Wildman–Crippen MR) is 62.4 cm³/mol. The van der Waals surface area contributed by atoms with E-state index < -0.39 is 0 Å². The van der Waals surface area contributed by atoms with Crippen molar-refractivity contribution in [1.29, 1.82) is 0 Å². The van der Waals surface area contributed by atoms with Gasteiger partial charge in [-0.2, -0.15) is 0 Å². The Hall–Kier alpha value is -0.890. The topological polar surface area (TPSA) is 3.24 Å². The molecule has 2 saturated heterocycles. The lowest BCUT2D eigenvalue weighted by Crippen LogP contribution is -2.37. The fraction of sp³-hybridized carbons (Fsp3) is 0.500. The predicted octanol–water partition coefficient (Wildman–Crippen LogP) is 3.33. The SMILES string of the molecule is [CH2-]N1[C@@H]2CC[C@H]1CC(c1ccc(F)cc1)C2. The van der Waals surface area contributed by atoms with E-state index in [0.29, 0.717) is 18.0 Å². The van der Waals surface area contributed by atoms with E-state index >= 15 is 0 Å². The quantitative estimate of drug-likeness (QED) is 0.653. The fourth-order valence-corrected chi connectivity index (χ4v) is 3.28. The Morgan fingerprint density at radius 2 is 1.62 bits per heavy atom. The fourth-order valence-electron chi connectivity index (χ4n) is 3.28. The van der Waals surface area contributed by atoms with Crippen molar-refractivity contribution in [1.82, 2.24) is 4.90 Å². The van der Waals surface area contributed by atoms with E-state index in [1.807, 2.05) is 12.1 Å². The van der Waals surface area contributed by atoms with Gasteiger partial charge in [0, 0.05) is 0 Å². The Bertz CT molecular complexity index is 359. The monoisotopic (exact) mass is 218 g/mol. The number of fused-ring (bicyclic) bond motifs is 2. The summed E-state index contributed by atoms with van der Waals surface area (Å²) in [6, 6.07) is 8.33. The average molecular weight is 218 g/mol. The zero-order chi connectivity index (χ0) is 11.1. The maximum atomic E-state index is 12.9. The van der Waals surface area contributed by atoms with Crippen LogP contribution in [-0.4, -0.2) is 17.0 Å². The van der Waals surface area contributed by atoms with Gasteiger partial charge in [-0.05, 0) is 61.4 Å². The lowest BCUT2D eigenvalue weighted by molar-refractivity contribution is 0.184. The Balaban J connectivity index is 1.80. The summed E-state index contributed by atoms with van der Waals surface area (Å²) in [7, 11) is 4.14. The number of benzene rings is 1. The highest BCUT2D eigenvalue weighted by Crippen LogP contribution is 2.42. The summed E-state index contributed by atoms with van der Waals surface area (Å²) in [6.45, 7) is 0. The molecular formula is C14H17FN-. The van der Waals surface area contributed by atoms with E-state index in [1.165, 1.54) is 31.2 Å². The molecule has 0 radical (unpaired) electrons. The van der Waals surface area contributed by atoms with Crippen LogP contribution in [-0.2, 0) is 0 Å². The molecule has 1 aromatic carbocycles. The maximum absolute atomic E-state index is 12.9. The molecule has 0 spiro atoms. The zero-order valence-corrected chi connectivity index (χ0v) is 9.40. The first-order valence-electron chi connectivity index (χ1n) is 6.08. The van der Waals surface area contributed by atoms with Crippen molar-refractivity contribution in [3.63, 3.8) is 0 Å². The standard InChI is InChI=1S/C14H17FN/c1-16-13-6-7-14(16)9-11(8-13)10-2-4-12(15)5-3-10/h2-5,11,13-14H,1,6-9H2/q-1/t11?,13-,14+. The number of piperidine rings is 1. The summed E-state index contributed by atoms with van der Waals surface area (Å²) < 4.78 is 12.9. The summed E-state index contributed by atoms with van der Waals surface area (Å²) in [4.78, 5) is 2.29. The van der Waals surface area contributed by atoms with E-state index in [1.54, 1.807) is 12.1 Å². The maximum Gasteiger partial charge on any atom is 0.123 e. The molecule has 2 aliphatic heterocycles. The van der Waals surface area contributed by atoms with Gasteiger partial charge in [0.25, 0.3) is 0 Å². The molecule has 1 unspecified atom stereocenters. The molecule has 1 nitrogen and oxygen atoms in total. The molecular weight excluding hydrogens is 201 g/mol. The third-order valence-electron chi connectivity index (χ3n) is 4.23. The minimum atomic E-state index is -0.138. The molecule has 2 fully saturated rings. The van der Waals surface area contributed by atoms with Crippen LogP contribution in [0.3, 0.4) is 0 Å². The minimum Gasteiger partial charge on any atom is -0.454 e. The number of halogens is 1. The molecule has 1 aromatic rings. The summed E-state index contributed by atoms with van der Waals surface area (Å²) in [5, 5.41) is 0. The van der Waals surface area contributed by atoms with Crippen LogP contribution >= 0.6 is 0 Å². The van der Waals surface area contributed by atoms with Crippen molar-refractivity contribution in [2.24, 2.45) is 0 Å². The molecule has 0 amide bonds. The zero-order valence-electron chi connectivity index (χ0n) is 9.40. The summed E-state index contributed by atoms with van der Waals surface area (Å²) >= 11 is 0. The highest BCUT2D eigenvalue weighted by atomic mass is 19.1. The third kappa shape index (κ3) is 1.65. The molecule has 2 heterocycles. The summed E-state index contributed by atoms with van der Waals surface area (Å²) in [6.07, 6.45) is 4.94. The van der Waals surface area contributed by atoms with Crippen LogP contribution in [0, 0.1) is 12.9 Å². The van der Waals surface area contributed by atoms with Gasteiger partial charge >= 0.3 is 0 Å². The van der Waals surface area contributed by atoms with Crippen molar-refractivity contribution >= 4 is 0 Å². The lowest BCUT2D eigenvalue weighted by Gasteiger charge is -2.42. The van der Waals surface area contributed by atoms with Crippen molar-refractivity contribution < 1.29 is 4.39 Å². The second-order valence-electron chi connectivity index (χ2n) is 5.12. The smallest absolute Gasteiger partial charge is 0.123 e. The first-order chi connectivity index (χ1) is 7.74. The van der Waals surface area contributed by atoms with Gasteiger partial charge in [0.1, 0.15) is 5.82 Å². The van der Waals surface area contributed by atoms with Gasteiger partial charge in [-0.3, -0.25) is 7.05 Å². The van der Waals surface area contributed by atoms with Crippen LogP contribution in [0.25, 0.3) is 0 Å². The van der Waals surface area contributed by atoms with Crippen LogP contribution in [0.4, 0.5) is 4.39 Å². The highest BCUT2D eigenvalue weighted by molar-refractivity contribution is 5.22.